The van der Waals surface area contributed by atoms with Gasteiger partial charge in [0.15, 0.2) is 0 Å². The van der Waals surface area contributed by atoms with Crippen molar-refractivity contribution in [1.29, 1.82) is 0 Å². The normalized spacial score (nSPS) is 11.0. The van der Waals surface area contributed by atoms with Crippen LogP contribution in [0.1, 0.15) is 22.3 Å². The molecule has 3 rings (SSSR count). The van der Waals surface area contributed by atoms with Gasteiger partial charge in [-0.3, -0.25) is 0 Å². The van der Waals surface area contributed by atoms with E-state index in [9.17, 15) is 0 Å². The first kappa shape index (κ1) is 14.6. The highest BCUT2D eigenvalue weighted by molar-refractivity contribution is 5.62. The molecule has 1 aromatic heterocycles. The van der Waals surface area contributed by atoms with Crippen molar-refractivity contribution in [1.82, 2.24) is 4.57 Å². The van der Waals surface area contributed by atoms with Crippen molar-refractivity contribution in [3.05, 3.63) is 71.0 Å². The minimum atomic E-state index is 1.22. The number of aromatic nitrogens is 2. The molecule has 0 saturated heterocycles. The molecule has 22 heavy (non-hydrogen) atoms. The fourth-order valence-electron chi connectivity index (χ4n) is 3.35. The van der Waals surface area contributed by atoms with E-state index >= 15 is 0 Å². The molecule has 1 heterocycles. The third kappa shape index (κ3) is 2.35. The number of hydrogen-bond acceptors (Lipinski definition) is 0. The lowest BCUT2D eigenvalue weighted by Gasteiger charge is -2.11. The Bertz CT molecular complexity index is 818. The van der Waals surface area contributed by atoms with Gasteiger partial charge in [0, 0.05) is 0 Å². The minimum Gasteiger partial charge on any atom is -0.232 e. The van der Waals surface area contributed by atoms with E-state index in [1.807, 2.05) is 0 Å². The van der Waals surface area contributed by atoms with Crippen molar-refractivity contribution in [3.63, 3.8) is 0 Å². The van der Waals surface area contributed by atoms with Crippen LogP contribution < -0.4 is 4.57 Å². The van der Waals surface area contributed by atoms with Crippen molar-refractivity contribution in [2.75, 3.05) is 0 Å². The third-order valence-electron chi connectivity index (χ3n) is 4.26. The second kappa shape index (κ2) is 5.45. The van der Waals surface area contributed by atoms with Gasteiger partial charge in [0.2, 0.25) is 0 Å². The molecule has 0 spiro atoms. The van der Waals surface area contributed by atoms with Crippen LogP contribution in [0.15, 0.2) is 48.8 Å². The standard InChI is InChI=1S/C20H23N2/c1-14-12-16(3)19(17(4)13-14)22-11-10-21(5)20(22)18-9-7-6-8-15(18)2/h6-13H,1-5H3/q+1. The summed E-state index contributed by atoms with van der Waals surface area (Å²) < 4.78 is 4.51. The molecule has 0 saturated carbocycles. The molecule has 0 aliphatic heterocycles. The van der Waals surface area contributed by atoms with E-state index in [0.717, 1.165) is 0 Å². The van der Waals surface area contributed by atoms with Crippen LogP contribution in [-0.4, -0.2) is 4.57 Å². The van der Waals surface area contributed by atoms with Crippen LogP contribution >= 0.6 is 0 Å². The fraction of sp³-hybridized carbons (Fsp3) is 0.250. The molecule has 0 unspecified atom stereocenters. The maximum Gasteiger partial charge on any atom is 0.294 e. The lowest BCUT2D eigenvalue weighted by molar-refractivity contribution is -0.659. The van der Waals surface area contributed by atoms with Gasteiger partial charge in [-0.1, -0.05) is 35.9 Å². The van der Waals surface area contributed by atoms with Crippen molar-refractivity contribution in [3.8, 4) is 17.1 Å². The summed E-state index contributed by atoms with van der Waals surface area (Å²) in [5.74, 6) is 1.22. The van der Waals surface area contributed by atoms with Crippen molar-refractivity contribution < 1.29 is 4.57 Å². The average molecular weight is 291 g/mol. The quantitative estimate of drug-likeness (QED) is 0.626. The Balaban J connectivity index is 2.30. The van der Waals surface area contributed by atoms with Gasteiger partial charge in [-0.2, -0.15) is 4.57 Å². The Morgan fingerprint density at radius 2 is 1.50 bits per heavy atom. The van der Waals surface area contributed by atoms with E-state index < -0.39 is 0 Å². The Labute approximate surface area is 132 Å². The van der Waals surface area contributed by atoms with Crippen LogP contribution in [0.4, 0.5) is 0 Å². The maximum atomic E-state index is 2.31. The second-order valence-corrected chi connectivity index (χ2v) is 6.16. The summed E-state index contributed by atoms with van der Waals surface area (Å²) in [5.41, 5.74) is 7.78. The number of benzene rings is 2. The first-order valence-electron chi connectivity index (χ1n) is 7.70. The Kier molecular flexibility index (Phi) is 3.61. The smallest absolute Gasteiger partial charge is 0.232 e. The van der Waals surface area contributed by atoms with E-state index in [2.05, 4.69) is 92.7 Å². The third-order valence-corrected chi connectivity index (χ3v) is 4.26. The van der Waals surface area contributed by atoms with Crippen LogP contribution in [0.5, 0.6) is 0 Å². The molecular formula is C20H23N2+. The van der Waals surface area contributed by atoms with E-state index in [4.69, 9.17) is 0 Å². The molecule has 0 atom stereocenters. The maximum absolute atomic E-state index is 2.31. The molecule has 0 aliphatic carbocycles. The highest BCUT2D eigenvalue weighted by Crippen LogP contribution is 2.27. The first-order valence-corrected chi connectivity index (χ1v) is 7.70. The van der Waals surface area contributed by atoms with Crippen LogP contribution in [0.3, 0.4) is 0 Å². The molecule has 0 amide bonds. The van der Waals surface area contributed by atoms with Gasteiger partial charge in [-0.05, 0) is 50.5 Å². The van der Waals surface area contributed by atoms with Gasteiger partial charge < -0.3 is 0 Å². The topological polar surface area (TPSA) is 8.81 Å². The predicted octanol–water partition coefficient (Wildman–Crippen LogP) is 4.20. The summed E-state index contributed by atoms with van der Waals surface area (Å²) in [4.78, 5) is 0. The molecule has 0 fully saturated rings. The molecule has 2 aromatic carbocycles. The van der Waals surface area contributed by atoms with Gasteiger partial charge in [0.05, 0.1) is 12.6 Å². The Hall–Kier alpha value is -2.35. The molecule has 2 heteroatoms. The Morgan fingerprint density at radius 1 is 0.864 bits per heavy atom. The summed E-state index contributed by atoms with van der Waals surface area (Å²) in [6.07, 6.45) is 4.28. The van der Waals surface area contributed by atoms with Gasteiger partial charge in [0.1, 0.15) is 18.1 Å². The van der Waals surface area contributed by atoms with Crippen LogP contribution in [0.2, 0.25) is 0 Å². The van der Waals surface area contributed by atoms with Gasteiger partial charge in [-0.15, -0.1) is 0 Å². The highest BCUT2D eigenvalue weighted by Gasteiger charge is 2.22. The van der Waals surface area contributed by atoms with Crippen LogP contribution in [-0.2, 0) is 7.05 Å². The minimum absolute atomic E-state index is 1.22. The lowest BCUT2D eigenvalue weighted by atomic mass is 10.0. The summed E-state index contributed by atoms with van der Waals surface area (Å²) in [6.45, 7) is 8.71. The SMILES string of the molecule is Cc1cc(C)c(-n2cc[n+](C)c2-c2ccccc2C)c(C)c1. The molecule has 0 N–H and O–H groups in total. The summed E-state index contributed by atoms with van der Waals surface area (Å²) in [6, 6.07) is 13.1. The molecule has 0 aliphatic rings. The zero-order chi connectivity index (χ0) is 15.9. The fourth-order valence-corrected chi connectivity index (χ4v) is 3.35. The molecule has 2 nitrogen and oxygen atoms in total. The number of imidazole rings is 1. The average Bonchev–Trinajstić information content (AvgIpc) is 2.80. The van der Waals surface area contributed by atoms with Gasteiger partial charge in [0.25, 0.3) is 5.82 Å². The summed E-state index contributed by atoms with van der Waals surface area (Å²) in [7, 11) is 2.11. The second-order valence-electron chi connectivity index (χ2n) is 6.16. The molecule has 3 aromatic rings. The number of nitrogens with zero attached hydrogens (tertiary/aromatic N) is 2. The van der Waals surface area contributed by atoms with Crippen molar-refractivity contribution in [2.45, 2.75) is 27.7 Å². The zero-order valence-corrected chi connectivity index (χ0v) is 14.0. The van der Waals surface area contributed by atoms with Crippen LogP contribution in [0.25, 0.3) is 17.1 Å². The van der Waals surface area contributed by atoms with Gasteiger partial charge in [-0.25, -0.2) is 4.57 Å². The number of aryl methyl sites for hydroxylation is 5. The molecular weight excluding hydrogens is 268 g/mol. The van der Waals surface area contributed by atoms with Crippen molar-refractivity contribution in [2.24, 2.45) is 7.05 Å². The molecule has 0 radical (unpaired) electrons. The Morgan fingerprint density at radius 3 is 2.14 bits per heavy atom. The van der Waals surface area contributed by atoms with E-state index in [-0.39, 0.29) is 0 Å². The van der Waals surface area contributed by atoms with Crippen LogP contribution in [0, 0.1) is 27.7 Å². The highest BCUT2D eigenvalue weighted by atomic mass is 15.1. The van der Waals surface area contributed by atoms with E-state index in [1.54, 1.807) is 0 Å². The van der Waals surface area contributed by atoms with Crippen molar-refractivity contribution >= 4 is 0 Å². The predicted molar refractivity (Wildman–Crippen MR) is 91.3 cm³/mol. The molecule has 112 valence electrons. The van der Waals surface area contributed by atoms with E-state index in [0.29, 0.717) is 0 Å². The molecule has 0 bridgehead atoms. The summed E-state index contributed by atoms with van der Waals surface area (Å²) >= 11 is 0. The summed E-state index contributed by atoms with van der Waals surface area (Å²) in [5, 5.41) is 0. The van der Waals surface area contributed by atoms with E-state index in [1.165, 1.54) is 39.3 Å². The number of hydrogen-bond donors (Lipinski definition) is 0. The number of rotatable bonds is 2. The largest absolute Gasteiger partial charge is 0.294 e. The zero-order valence-electron chi connectivity index (χ0n) is 14.0. The van der Waals surface area contributed by atoms with Gasteiger partial charge >= 0.3 is 0 Å². The monoisotopic (exact) mass is 291 g/mol. The lowest BCUT2D eigenvalue weighted by Crippen LogP contribution is -2.29. The first-order chi connectivity index (χ1) is 10.5.